The van der Waals surface area contributed by atoms with Crippen molar-refractivity contribution in [3.63, 3.8) is 0 Å². The van der Waals surface area contributed by atoms with Gasteiger partial charge in [-0.05, 0) is 24.1 Å². The molecular weight excluding hydrogens is 307 g/mol. The molecule has 0 spiro atoms. The SMILES string of the molecule is CCCCNC(=O)Nc1cnn(Cc2ccc(F)cc2Cl)c1. The van der Waals surface area contributed by atoms with Gasteiger partial charge in [0.2, 0.25) is 0 Å². The van der Waals surface area contributed by atoms with Gasteiger partial charge in [0.05, 0.1) is 18.4 Å². The number of carbonyl (C=O) groups excluding carboxylic acids is 1. The molecule has 0 radical (unpaired) electrons. The van der Waals surface area contributed by atoms with Gasteiger partial charge in [0.25, 0.3) is 0 Å². The zero-order chi connectivity index (χ0) is 15.9. The molecule has 0 bridgehead atoms. The molecule has 2 N–H and O–H groups in total. The Kier molecular flexibility index (Phi) is 5.77. The van der Waals surface area contributed by atoms with Crippen LogP contribution in [0.1, 0.15) is 25.3 Å². The zero-order valence-corrected chi connectivity index (χ0v) is 13.0. The second kappa shape index (κ2) is 7.79. The number of aromatic nitrogens is 2. The maximum atomic E-state index is 13.0. The van der Waals surface area contributed by atoms with Crippen molar-refractivity contribution in [2.75, 3.05) is 11.9 Å². The Bertz CT molecular complexity index is 644. The van der Waals surface area contributed by atoms with Gasteiger partial charge < -0.3 is 10.6 Å². The summed E-state index contributed by atoms with van der Waals surface area (Å²) < 4.78 is 14.6. The summed E-state index contributed by atoms with van der Waals surface area (Å²) in [6, 6.07) is 3.98. The molecule has 2 rings (SSSR count). The molecule has 0 aliphatic carbocycles. The van der Waals surface area contributed by atoms with Crippen molar-refractivity contribution in [3.05, 3.63) is 47.0 Å². The third kappa shape index (κ3) is 4.73. The Hall–Kier alpha value is -2.08. The molecule has 0 saturated heterocycles. The average Bonchev–Trinajstić information content (AvgIpc) is 2.89. The summed E-state index contributed by atoms with van der Waals surface area (Å²) in [7, 11) is 0. The smallest absolute Gasteiger partial charge is 0.319 e. The lowest BCUT2D eigenvalue weighted by molar-refractivity contribution is 0.252. The highest BCUT2D eigenvalue weighted by Gasteiger charge is 2.06. The third-order valence-corrected chi connectivity index (χ3v) is 3.41. The van der Waals surface area contributed by atoms with Crippen molar-refractivity contribution < 1.29 is 9.18 Å². The van der Waals surface area contributed by atoms with E-state index in [1.807, 2.05) is 0 Å². The lowest BCUT2D eigenvalue weighted by Crippen LogP contribution is -2.29. The van der Waals surface area contributed by atoms with E-state index in [0.717, 1.165) is 18.4 Å². The summed E-state index contributed by atoms with van der Waals surface area (Å²) in [6.07, 6.45) is 5.21. The highest BCUT2D eigenvalue weighted by molar-refractivity contribution is 6.31. The van der Waals surface area contributed by atoms with Gasteiger partial charge >= 0.3 is 6.03 Å². The normalized spacial score (nSPS) is 10.5. The summed E-state index contributed by atoms with van der Waals surface area (Å²) in [5.74, 6) is -0.375. The van der Waals surface area contributed by atoms with Crippen molar-refractivity contribution in [2.45, 2.75) is 26.3 Å². The van der Waals surface area contributed by atoms with Gasteiger partial charge in [0.1, 0.15) is 5.82 Å². The van der Waals surface area contributed by atoms with E-state index in [1.165, 1.54) is 12.1 Å². The standard InChI is InChI=1S/C15H18ClFN4O/c1-2-3-6-18-15(22)20-13-8-19-21(10-13)9-11-4-5-12(17)7-14(11)16/h4-5,7-8,10H,2-3,6,9H2,1H3,(H2,18,20,22). The van der Waals surface area contributed by atoms with Crippen LogP contribution in [0.5, 0.6) is 0 Å². The minimum absolute atomic E-state index is 0.257. The van der Waals surface area contributed by atoms with Crippen LogP contribution in [0.15, 0.2) is 30.6 Å². The Labute approximate surface area is 133 Å². The lowest BCUT2D eigenvalue weighted by atomic mass is 10.2. The number of nitrogens with zero attached hydrogens (tertiary/aromatic N) is 2. The largest absolute Gasteiger partial charge is 0.338 e. The predicted molar refractivity (Wildman–Crippen MR) is 84.7 cm³/mol. The van der Waals surface area contributed by atoms with E-state index in [0.29, 0.717) is 23.8 Å². The summed E-state index contributed by atoms with van der Waals surface area (Å²) in [4.78, 5) is 11.6. The molecule has 118 valence electrons. The Balaban J connectivity index is 1.92. The number of urea groups is 1. The first-order valence-electron chi connectivity index (χ1n) is 7.09. The number of halogens is 2. The first-order valence-corrected chi connectivity index (χ1v) is 7.47. The average molecular weight is 325 g/mol. The van der Waals surface area contributed by atoms with Crippen LogP contribution < -0.4 is 10.6 Å². The van der Waals surface area contributed by atoms with E-state index >= 15 is 0 Å². The van der Waals surface area contributed by atoms with Crippen molar-refractivity contribution >= 4 is 23.3 Å². The van der Waals surface area contributed by atoms with Crippen LogP contribution in [0, 0.1) is 5.82 Å². The molecule has 0 saturated carbocycles. The van der Waals surface area contributed by atoms with Crippen molar-refractivity contribution in [1.29, 1.82) is 0 Å². The highest BCUT2D eigenvalue weighted by Crippen LogP contribution is 2.18. The number of carbonyl (C=O) groups is 1. The molecular formula is C15H18ClFN4O. The summed E-state index contributed by atoms with van der Waals surface area (Å²) >= 11 is 5.98. The molecule has 1 aromatic heterocycles. The maximum Gasteiger partial charge on any atom is 0.319 e. The third-order valence-electron chi connectivity index (χ3n) is 3.05. The van der Waals surface area contributed by atoms with E-state index < -0.39 is 0 Å². The number of hydrogen-bond acceptors (Lipinski definition) is 2. The summed E-state index contributed by atoms with van der Waals surface area (Å²) in [5.41, 5.74) is 1.34. The monoisotopic (exact) mass is 324 g/mol. The fourth-order valence-electron chi connectivity index (χ4n) is 1.89. The molecule has 0 unspecified atom stereocenters. The second-order valence-corrected chi connectivity index (χ2v) is 5.30. The van der Waals surface area contributed by atoms with Crippen molar-refractivity contribution in [1.82, 2.24) is 15.1 Å². The molecule has 2 aromatic rings. The molecule has 0 aliphatic heterocycles. The van der Waals surface area contributed by atoms with Gasteiger partial charge in [-0.3, -0.25) is 4.68 Å². The first-order chi connectivity index (χ1) is 10.6. The quantitative estimate of drug-likeness (QED) is 0.797. The summed E-state index contributed by atoms with van der Waals surface area (Å²) in [5, 5.41) is 9.96. The summed E-state index contributed by atoms with van der Waals surface area (Å²) in [6.45, 7) is 3.10. The topological polar surface area (TPSA) is 59.0 Å². The molecule has 0 aliphatic rings. The fourth-order valence-corrected chi connectivity index (χ4v) is 2.12. The van der Waals surface area contributed by atoms with Crippen LogP contribution in [0.4, 0.5) is 14.9 Å². The Morgan fingerprint density at radius 1 is 1.45 bits per heavy atom. The van der Waals surface area contributed by atoms with Gasteiger partial charge in [0.15, 0.2) is 0 Å². The van der Waals surface area contributed by atoms with Gasteiger partial charge in [-0.15, -0.1) is 0 Å². The number of anilines is 1. The van der Waals surface area contributed by atoms with Crippen LogP contribution >= 0.6 is 11.6 Å². The number of unbranched alkanes of at least 4 members (excludes halogenated alkanes) is 1. The maximum absolute atomic E-state index is 13.0. The van der Waals surface area contributed by atoms with E-state index in [-0.39, 0.29) is 11.8 Å². The van der Waals surface area contributed by atoms with Gasteiger partial charge in [-0.2, -0.15) is 5.10 Å². The molecule has 0 atom stereocenters. The second-order valence-electron chi connectivity index (χ2n) is 4.90. The molecule has 2 amide bonds. The van der Waals surface area contributed by atoms with Crippen LogP contribution in [-0.4, -0.2) is 22.4 Å². The number of hydrogen-bond donors (Lipinski definition) is 2. The van der Waals surface area contributed by atoms with Gasteiger partial charge in [-0.25, -0.2) is 9.18 Å². The first kappa shape index (κ1) is 16.3. The van der Waals surface area contributed by atoms with Crippen LogP contribution in [0.2, 0.25) is 5.02 Å². The van der Waals surface area contributed by atoms with Crippen molar-refractivity contribution in [2.24, 2.45) is 0 Å². The zero-order valence-electron chi connectivity index (χ0n) is 12.3. The number of amides is 2. The highest BCUT2D eigenvalue weighted by atomic mass is 35.5. The van der Waals surface area contributed by atoms with Crippen LogP contribution in [0.3, 0.4) is 0 Å². The van der Waals surface area contributed by atoms with Crippen LogP contribution in [-0.2, 0) is 6.54 Å². The fraction of sp³-hybridized carbons (Fsp3) is 0.333. The Morgan fingerprint density at radius 2 is 2.27 bits per heavy atom. The predicted octanol–water partition coefficient (Wildman–Crippen LogP) is 3.65. The van der Waals surface area contributed by atoms with Crippen LogP contribution in [0.25, 0.3) is 0 Å². The number of rotatable bonds is 6. The van der Waals surface area contributed by atoms with Gasteiger partial charge in [0, 0.05) is 17.8 Å². The van der Waals surface area contributed by atoms with Crippen molar-refractivity contribution in [3.8, 4) is 0 Å². The minimum Gasteiger partial charge on any atom is -0.338 e. The molecule has 0 fully saturated rings. The van der Waals surface area contributed by atoms with E-state index in [1.54, 1.807) is 23.1 Å². The molecule has 5 nitrogen and oxygen atoms in total. The number of benzene rings is 1. The lowest BCUT2D eigenvalue weighted by Gasteiger charge is -2.05. The molecule has 22 heavy (non-hydrogen) atoms. The number of nitrogens with one attached hydrogen (secondary N) is 2. The Morgan fingerprint density at radius 3 is 3.00 bits per heavy atom. The van der Waals surface area contributed by atoms with E-state index in [4.69, 9.17) is 11.6 Å². The molecule has 1 heterocycles. The molecule has 7 heteroatoms. The van der Waals surface area contributed by atoms with Gasteiger partial charge in [-0.1, -0.05) is 31.0 Å². The van der Waals surface area contributed by atoms with E-state index in [2.05, 4.69) is 22.7 Å². The van der Waals surface area contributed by atoms with E-state index in [9.17, 15) is 9.18 Å². The minimum atomic E-state index is -0.375. The molecule has 1 aromatic carbocycles.